The van der Waals surface area contributed by atoms with Crippen molar-refractivity contribution in [1.29, 1.82) is 0 Å². The molecule has 0 bridgehead atoms. The molecule has 1 amide bonds. The average molecular weight is 256 g/mol. The van der Waals surface area contributed by atoms with Gasteiger partial charge in [-0.1, -0.05) is 26.7 Å². The van der Waals surface area contributed by atoms with Gasteiger partial charge in [0.15, 0.2) is 0 Å². The maximum absolute atomic E-state index is 12.3. The first-order chi connectivity index (χ1) is 8.69. The van der Waals surface area contributed by atoms with Crippen LogP contribution in [0.4, 0.5) is 0 Å². The molecule has 1 saturated heterocycles. The van der Waals surface area contributed by atoms with Crippen molar-refractivity contribution in [2.24, 2.45) is 5.92 Å². The number of carbonyl (C=O) groups excluding carboxylic acids is 1. The number of unbranched alkanes of at least 4 members (excludes halogenated alkanes) is 1. The lowest BCUT2D eigenvalue weighted by Crippen LogP contribution is -2.38. The van der Waals surface area contributed by atoms with Crippen LogP contribution < -0.4 is 0 Å². The second-order valence-electron chi connectivity index (χ2n) is 5.29. The van der Waals surface area contributed by atoms with E-state index in [0.29, 0.717) is 5.91 Å². The molecule has 1 aliphatic heterocycles. The van der Waals surface area contributed by atoms with Gasteiger partial charge < -0.3 is 10.0 Å². The second-order valence-corrected chi connectivity index (χ2v) is 5.29. The maximum Gasteiger partial charge on any atom is 0.225 e. The van der Waals surface area contributed by atoms with Gasteiger partial charge in [-0.15, -0.1) is 0 Å². The van der Waals surface area contributed by atoms with Crippen LogP contribution in [-0.4, -0.2) is 60.1 Å². The van der Waals surface area contributed by atoms with E-state index in [4.69, 9.17) is 5.11 Å². The van der Waals surface area contributed by atoms with Gasteiger partial charge in [-0.25, -0.2) is 0 Å². The maximum atomic E-state index is 12.3. The van der Waals surface area contributed by atoms with Gasteiger partial charge in [0.1, 0.15) is 0 Å². The van der Waals surface area contributed by atoms with Crippen molar-refractivity contribution in [2.45, 2.75) is 39.5 Å². The number of hydrogen-bond donors (Lipinski definition) is 1. The first-order valence-electron chi connectivity index (χ1n) is 7.31. The van der Waals surface area contributed by atoms with Crippen molar-refractivity contribution >= 4 is 5.91 Å². The number of carbonyl (C=O) groups is 1. The highest BCUT2D eigenvalue weighted by Crippen LogP contribution is 2.13. The molecule has 1 rings (SSSR count). The molecule has 4 nitrogen and oxygen atoms in total. The molecule has 1 N–H and O–H groups in total. The van der Waals surface area contributed by atoms with Gasteiger partial charge in [0, 0.05) is 32.1 Å². The molecule has 18 heavy (non-hydrogen) atoms. The van der Waals surface area contributed by atoms with E-state index in [1.165, 1.54) is 0 Å². The number of rotatable bonds is 6. The Balaban J connectivity index is 2.39. The van der Waals surface area contributed by atoms with E-state index < -0.39 is 0 Å². The summed E-state index contributed by atoms with van der Waals surface area (Å²) in [6, 6.07) is 0. The molecule has 4 heteroatoms. The van der Waals surface area contributed by atoms with Crippen LogP contribution in [0.15, 0.2) is 0 Å². The van der Waals surface area contributed by atoms with Crippen LogP contribution in [0.3, 0.4) is 0 Å². The van der Waals surface area contributed by atoms with Crippen LogP contribution in [-0.2, 0) is 4.79 Å². The van der Waals surface area contributed by atoms with Gasteiger partial charge in [0.2, 0.25) is 5.91 Å². The van der Waals surface area contributed by atoms with Crippen LogP contribution in [0.25, 0.3) is 0 Å². The highest BCUT2D eigenvalue weighted by molar-refractivity contribution is 5.78. The van der Waals surface area contributed by atoms with Crippen LogP contribution >= 0.6 is 0 Å². The third-order valence-electron chi connectivity index (χ3n) is 3.73. The highest BCUT2D eigenvalue weighted by Gasteiger charge is 2.22. The molecular weight excluding hydrogens is 228 g/mol. The molecule has 1 atom stereocenters. The molecule has 1 fully saturated rings. The van der Waals surface area contributed by atoms with E-state index in [0.717, 1.165) is 58.4 Å². The van der Waals surface area contributed by atoms with Crippen molar-refractivity contribution in [1.82, 2.24) is 9.80 Å². The van der Waals surface area contributed by atoms with Crippen LogP contribution in [0.1, 0.15) is 39.5 Å². The summed E-state index contributed by atoms with van der Waals surface area (Å²) in [5.41, 5.74) is 0. The van der Waals surface area contributed by atoms with Gasteiger partial charge in [0.05, 0.1) is 6.61 Å². The van der Waals surface area contributed by atoms with E-state index in [1.807, 2.05) is 11.8 Å². The first-order valence-corrected chi connectivity index (χ1v) is 7.31. The van der Waals surface area contributed by atoms with E-state index in [2.05, 4.69) is 11.8 Å². The molecule has 0 spiro atoms. The predicted octanol–water partition coefficient (Wildman–Crippen LogP) is 1.34. The Bertz CT molecular complexity index is 246. The zero-order chi connectivity index (χ0) is 13.4. The van der Waals surface area contributed by atoms with Gasteiger partial charge in [-0.05, 0) is 19.4 Å². The van der Waals surface area contributed by atoms with Crippen molar-refractivity contribution in [3.05, 3.63) is 0 Å². The lowest BCUT2D eigenvalue weighted by atomic mass is 10.0. The number of aliphatic hydroxyl groups excluding tert-OH is 1. The lowest BCUT2D eigenvalue weighted by molar-refractivity contribution is -0.135. The molecule has 0 aliphatic carbocycles. The van der Waals surface area contributed by atoms with Crippen molar-refractivity contribution in [2.75, 3.05) is 39.3 Å². The second kappa shape index (κ2) is 8.48. The minimum Gasteiger partial charge on any atom is -0.395 e. The van der Waals surface area contributed by atoms with Gasteiger partial charge in [-0.3, -0.25) is 9.69 Å². The molecule has 0 aromatic carbocycles. The summed E-state index contributed by atoms with van der Waals surface area (Å²) in [6.07, 6.45) is 4.32. The van der Waals surface area contributed by atoms with E-state index in [1.54, 1.807) is 0 Å². The highest BCUT2D eigenvalue weighted by atomic mass is 16.3. The predicted molar refractivity (Wildman–Crippen MR) is 73.4 cm³/mol. The molecule has 0 radical (unpaired) electrons. The number of hydrogen-bond acceptors (Lipinski definition) is 3. The number of nitrogens with zero attached hydrogens (tertiary/aromatic N) is 2. The van der Waals surface area contributed by atoms with Gasteiger partial charge in [0.25, 0.3) is 0 Å². The lowest BCUT2D eigenvalue weighted by Gasteiger charge is -2.24. The fourth-order valence-corrected chi connectivity index (χ4v) is 2.50. The Morgan fingerprint density at radius 2 is 2.06 bits per heavy atom. The molecule has 1 heterocycles. The van der Waals surface area contributed by atoms with Crippen LogP contribution in [0.5, 0.6) is 0 Å². The summed E-state index contributed by atoms with van der Waals surface area (Å²) < 4.78 is 0. The zero-order valence-electron chi connectivity index (χ0n) is 11.9. The molecular formula is C14H28N2O2. The summed E-state index contributed by atoms with van der Waals surface area (Å²) in [7, 11) is 0. The molecule has 1 aliphatic rings. The summed E-state index contributed by atoms with van der Waals surface area (Å²) in [4.78, 5) is 16.5. The van der Waals surface area contributed by atoms with E-state index >= 15 is 0 Å². The molecule has 0 aromatic heterocycles. The van der Waals surface area contributed by atoms with E-state index in [9.17, 15) is 4.79 Å². The third-order valence-corrected chi connectivity index (χ3v) is 3.73. The van der Waals surface area contributed by atoms with E-state index in [-0.39, 0.29) is 12.5 Å². The average Bonchev–Trinajstić information content (AvgIpc) is 2.61. The summed E-state index contributed by atoms with van der Waals surface area (Å²) >= 11 is 0. The molecule has 0 aromatic rings. The zero-order valence-corrected chi connectivity index (χ0v) is 11.9. The minimum atomic E-state index is 0.161. The van der Waals surface area contributed by atoms with Crippen molar-refractivity contribution in [3.8, 4) is 0 Å². The van der Waals surface area contributed by atoms with Crippen molar-refractivity contribution in [3.63, 3.8) is 0 Å². The normalized spacial score (nSPS) is 19.6. The monoisotopic (exact) mass is 256 g/mol. The largest absolute Gasteiger partial charge is 0.395 e. The quantitative estimate of drug-likeness (QED) is 0.780. The number of amides is 1. The van der Waals surface area contributed by atoms with Crippen LogP contribution in [0, 0.1) is 5.92 Å². The Labute approximate surface area is 111 Å². The fourth-order valence-electron chi connectivity index (χ4n) is 2.50. The standard InChI is InChI=1S/C14H28N2O2/c1-3-4-6-13(2)14(18)16-8-5-7-15(9-10-16)11-12-17/h13,17H,3-12H2,1-2H3. The number of aliphatic hydroxyl groups is 1. The molecule has 106 valence electrons. The topological polar surface area (TPSA) is 43.8 Å². The Morgan fingerprint density at radius 3 is 2.72 bits per heavy atom. The summed E-state index contributed by atoms with van der Waals surface area (Å²) in [6.45, 7) is 8.73. The Morgan fingerprint density at radius 1 is 1.28 bits per heavy atom. The third kappa shape index (κ3) is 4.94. The summed E-state index contributed by atoms with van der Waals surface area (Å²) in [5.74, 6) is 0.476. The van der Waals surface area contributed by atoms with Crippen molar-refractivity contribution < 1.29 is 9.90 Å². The molecule has 1 unspecified atom stereocenters. The van der Waals surface area contributed by atoms with Crippen LogP contribution in [0.2, 0.25) is 0 Å². The first kappa shape index (κ1) is 15.4. The minimum absolute atomic E-state index is 0.161. The Hall–Kier alpha value is -0.610. The SMILES string of the molecule is CCCCC(C)C(=O)N1CCCN(CCO)CC1. The van der Waals surface area contributed by atoms with Gasteiger partial charge >= 0.3 is 0 Å². The molecule has 0 saturated carbocycles. The fraction of sp³-hybridized carbons (Fsp3) is 0.929. The smallest absolute Gasteiger partial charge is 0.225 e. The van der Waals surface area contributed by atoms with Gasteiger partial charge in [-0.2, -0.15) is 0 Å². The number of β-amino-alcohol motifs (C(OH)–C–C–N with tert-alkyl or cyclic N) is 1. The summed E-state index contributed by atoms with van der Waals surface area (Å²) in [5, 5.41) is 8.95. The Kier molecular flexibility index (Phi) is 7.28.